The predicted octanol–water partition coefficient (Wildman–Crippen LogP) is 3.15. The summed E-state index contributed by atoms with van der Waals surface area (Å²) in [5, 5.41) is 5.59. The molecule has 0 saturated carbocycles. The maximum absolute atomic E-state index is 14.2. The number of hydrogen-bond donors (Lipinski definition) is 3. The second kappa shape index (κ2) is 5.28. The van der Waals surface area contributed by atoms with Gasteiger partial charge in [0.1, 0.15) is 11.1 Å². The summed E-state index contributed by atoms with van der Waals surface area (Å²) in [6, 6.07) is 5.50. The Morgan fingerprint density at radius 2 is 2.00 bits per heavy atom. The average molecular weight is 344 g/mol. The van der Waals surface area contributed by atoms with E-state index < -0.39 is 23.7 Å². The molecule has 1 aromatic carbocycles. The van der Waals surface area contributed by atoms with Gasteiger partial charge < -0.3 is 15.6 Å². The van der Waals surface area contributed by atoms with Crippen LogP contribution in [-0.4, -0.2) is 24.8 Å². The van der Waals surface area contributed by atoms with E-state index in [0.717, 1.165) is 0 Å². The molecular weight excluding hydrogens is 331 g/mol. The number of aromatic nitrogens is 1. The third-order valence-electron chi connectivity index (χ3n) is 4.05. The van der Waals surface area contributed by atoms with Crippen molar-refractivity contribution in [1.82, 2.24) is 10.3 Å². The molecule has 122 valence electrons. The fourth-order valence-electron chi connectivity index (χ4n) is 3.08. The zero-order valence-corrected chi connectivity index (χ0v) is 12.8. The number of benzene rings is 1. The number of aromatic amines is 1. The van der Waals surface area contributed by atoms with E-state index in [2.05, 4.69) is 15.6 Å². The van der Waals surface area contributed by atoms with Crippen molar-refractivity contribution in [2.24, 2.45) is 0 Å². The predicted molar refractivity (Wildman–Crippen MR) is 82.6 cm³/mol. The van der Waals surface area contributed by atoms with Crippen LogP contribution in [0.15, 0.2) is 35.3 Å². The third-order valence-corrected chi connectivity index (χ3v) is 4.28. The van der Waals surface area contributed by atoms with Gasteiger partial charge in [-0.1, -0.05) is 11.6 Å². The molecule has 3 rings (SSSR count). The monoisotopic (exact) mass is 343 g/mol. The molecule has 1 aliphatic heterocycles. The molecule has 0 amide bonds. The molecule has 23 heavy (non-hydrogen) atoms. The van der Waals surface area contributed by atoms with E-state index in [1.807, 2.05) is 0 Å². The first kappa shape index (κ1) is 15.9. The van der Waals surface area contributed by atoms with Gasteiger partial charge >= 0.3 is 6.18 Å². The molecule has 1 unspecified atom stereocenters. The lowest BCUT2D eigenvalue weighted by molar-refractivity contribution is -0.176. The van der Waals surface area contributed by atoms with Crippen LogP contribution in [0.5, 0.6) is 0 Å². The normalized spacial score (nSPS) is 19.7. The number of hydrogen-bond acceptors (Lipinski definition) is 3. The summed E-state index contributed by atoms with van der Waals surface area (Å²) in [7, 11) is 1.44. The Balaban J connectivity index is 2.44. The average Bonchev–Trinajstić information content (AvgIpc) is 2.47. The van der Waals surface area contributed by atoms with Gasteiger partial charge in [0, 0.05) is 29.0 Å². The molecular formula is C15H13ClF3N3O. The molecule has 3 N–H and O–H groups in total. The van der Waals surface area contributed by atoms with Gasteiger partial charge in [0.2, 0.25) is 0 Å². The van der Waals surface area contributed by atoms with E-state index in [0.29, 0.717) is 0 Å². The van der Waals surface area contributed by atoms with Gasteiger partial charge in [0.25, 0.3) is 5.56 Å². The molecule has 0 bridgehead atoms. The number of fused-ring (bicyclic) bond motifs is 2. The van der Waals surface area contributed by atoms with Gasteiger partial charge in [-0.05, 0) is 36.9 Å². The first-order chi connectivity index (χ1) is 10.8. The Bertz CT molecular complexity index is 818. The molecule has 0 aliphatic carbocycles. The Morgan fingerprint density at radius 3 is 2.65 bits per heavy atom. The van der Waals surface area contributed by atoms with Crippen LogP contribution < -0.4 is 16.2 Å². The van der Waals surface area contributed by atoms with Crippen LogP contribution in [0.1, 0.15) is 11.1 Å². The smallest absolute Gasteiger partial charge is 0.351 e. The second-order valence-electron chi connectivity index (χ2n) is 5.34. The Kier molecular flexibility index (Phi) is 3.65. The van der Waals surface area contributed by atoms with Gasteiger partial charge in [-0.15, -0.1) is 0 Å². The lowest BCUT2D eigenvalue weighted by Gasteiger charge is -2.41. The van der Waals surface area contributed by atoms with Crippen molar-refractivity contribution in [2.45, 2.75) is 11.6 Å². The number of pyridine rings is 1. The summed E-state index contributed by atoms with van der Waals surface area (Å²) in [6.45, 7) is -0.415. The first-order valence-electron chi connectivity index (χ1n) is 6.82. The van der Waals surface area contributed by atoms with Crippen LogP contribution >= 0.6 is 11.6 Å². The first-order valence-corrected chi connectivity index (χ1v) is 7.19. The van der Waals surface area contributed by atoms with Crippen molar-refractivity contribution in [2.75, 3.05) is 18.9 Å². The molecule has 2 heterocycles. The molecule has 0 radical (unpaired) electrons. The van der Waals surface area contributed by atoms with Crippen LogP contribution in [0, 0.1) is 0 Å². The number of H-pyrrole nitrogens is 1. The van der Waals surface area contributed by atoms with Crippen LogP contribution in [0.3, 0.4) is 0 Å². The van der Waals surface area contributed by atoms with E-state index in [1.54, 1.807) is 0 Å². The number of rotatable bonds is 2. The summed E-state index contributed by atoms with van der Waals surface area (Å²) >= 11 is 5.93. The van der Waals surface area contributed by atoms with Crippen molar-refractivity contribution in [3.8, 4) is 0 Å². The number of alkyl halides is 3. The minimum absolute atomic E-state index is 0.00931. The van der Waals surface area contributed by atoms with Crippen LogP contribution in [0.2, 0.25) is 5.02 Å². The number of nitrogens with one attached hydrogen (secondary N) is 3. The van der Waals surface area contributed by atoms with E-state index in [1.165, 1.54) is 37.5 Å². The highest BCUT2D eigenvalue weighted by Gasteiger charge is 2.60. The lowest BCUT2D eigenvalue weighted by atomic mass is 9.70. The van der Waals surface area contributed by atoms with E-state index in [-0.39, 0.29) is 27.5 Å². The van der Waals surface area contributed by atoms with E-state index in [9.17, 15) is 18.0 Å². The fraction of sp³-hybridized carbons (Fsp3) is 0.267. The van der Waals surface area contributed by atoms with Crippen LogP contribution in [-0.2, 0) is 5.41 Å². The number of likely N-dealkylation sites (N-methyl/N-ethyl adjacent to an activating group) is 1. The van der Waals surface area contributed by atoms with Crippen LogP contribution in [0.25, 0.3) is 0 Å². The highest BCUT2D eigenvalue weighted by molar-refractivity contribution is 6.30. The molecule has 4 nitrogen and oxygen atoms in total. The van der Waals surface area contributed by atoms with E-state index in [4.69, 9.17) is 11.6 Å². The summed E-state index contributed by atoms with van der Waals surface area (Å²) in [6.07, 6.45) is -3.41. The zero-order valence-electron chi connectivity index (χ0n) is 12.0. The van der Waals surface area contributed by atoms with Gasteiger partial charge in [0.15, 0.2) is 0 Å². The highest BCUT2D eigenvalue weighted by atomic mass is 35.5. The quantitative estimate of drug-likeness (QED) is 0.785. The Labute approximate surface area is 134 Å². The number of anilines is 2. The van der Waals surface area contributed by atoms with Gasteiger partial charge in [-0.25, -0.2) is 0 Å². The summed E-state index contributed by atoms with van der Waals surface area (Å²) in [5.41, 5.74) is -2.99. The minimum Gasteiger partial charge on any atom is -0.351 e. The van der Waals surface area contributed by atoms with Crippen molar-refractivity contribution < 1.29 is 13.2 Å². The molecule has 0 fully saturated rings. The summed E-state index contributed by atoms with van der Waals surface area (Å²) in [5.74, 6) is 0. The maximum Gasteiger partial charge on any atom is 0.403 e. The topological polar surface area (TPSA) is 56.9 Å². The molecule has 8 heteroatoms. The molecule has 1 atom stereocenters. The SMILES string of the molecule is CNCC1(C(F)(F)F)c2cc(Cl)ccc2Nc2c1cc[nH]c2=O. The summed E-state index contributed by atoms with van der Waals surface area (Å²) < 4.78 is 42.5. The largest absolute Gasteiger partial charge is 0.403 e. The van der Waals surface area contributed by atoms with Crippen molar-refractivity contribution >= 4 is 23.0 Å². The Hall–Kier alpha value is -1.99. The standard InChI is InChI=1S/C15H13ClF3N3O/c1-20-7-14(15(17,18)19)9-4-5-21-13(23)12(9)22-11-3-2-8(16)6-10(11)14/h2-6,20,22H,7H2,1H3,(H,21,23). The van der Waals surface area contributed by atoms with Gasteiger partial charge in [-0.2, -0.15) is 13.2 Å². The van der Waals surface area contributed by atoms with E-state index >= 15 is 0 Å². The molecule has 0 spiro atoms. The van der Waals surface area contributed by atoms with Gasteiger partial charge in [0.05, 0.1) is 0 Å². The molecule has 1 aromatic heterocycles. The lowest BCUT2D eigenvalue weighted by Crippen LogP contribution is -2.52. The summed E-state index contributed by atoms with van der Waals surface area (Å²) in [4.78, 5) is 14.4. The van der Waals surface area contributed by atoms with Crippen molar-refractivity contribution in [3.63, 3.8) is 0 Å². The Morgan fingerprint density at radius 1 is 1.26 bits per heavy atom. The zero-order chi connectivity index (χ0) is 16.8. The maximum atomic E-state index is 14.2. The molecule has 2 aromatic rings. The molecule has 0 saturated heterocycles. The van der Waals surface area contributed by atoms with Crippen molar-refractivity contribution in [3.05, 3.63) is 57.0 Å². The molecule has 1 aliphatic rings. The van der Waals surface area contributed by atoms with Crippen molar-refractivity contribution in [1.29, 1.82) is 0 Å². The highest BCUT2D eigenvalue weighted by Crippen LogP contribution is 2.53. The van der Waals surface area contributed by atoms with Gasteiger partial charge in [-0.3, -0.25) is 4.79 Å². The number of halogens is 4. The van der Waals surface area contributed by atoms with Crippen LogP contribution in [0.4, 0.5) is 24.5 Å². The third kappa shape index (κ3) is 2.22. The fourth-order valence-corrected chi connectivity index (χ4v) is 3.25. The second-order valence-corrected chi connectivity index (χ2v) is 5.78. The minimum atomic E-state index is -4.62.